The molecule has 0 aliphatic carbocycles. The summed E-state index contributed by atoms with van der Waals surface area (Å²) in [6, 6.07) is 5.64. The largest absolute Gasteiger partial charge is 0.454 e. The Balaban J connectivity index is 1.42. The van der Waals surface area contributed by atoms with Crippen LogP contribution in [-0.2, 0) is 11.2 Å². The van der Waals surface area contributed by atoms with Crippen LogP contribution in [0.15, 0.2) is 22.7 Å². The maximum atomic E-state index is 12.6. The lowest BCUT2D eigenvalue weighted by atomic mass is 9.97. The SMILES string of the molecule is Cc1noc(C2CCCN(C(=O)Cc3ccc4c(c3)OCO4)C2)n1. The standard InChI is InChI=1S/C17H19N3O4/c1-11-18-17(24-19-11)13-3-2-6-20(9-13)16(21)8-12-4-5-14-15(7-12)23-10-22-14/h4-5,7,13H,2-3,6,8-10H2,1H3. The fraction of sp³-hybridized carbons (Fsp3) is 0.471. The molecule has 0 spiro atoms. The Labute approximate surface area is 139 Å². The van der Waals surface area contributed by atoms with Crippen LogP contribution in [0, 0.1) is 6.92 Å². The second kappa shape index (κ2) is 6.14. The van der Waals surface area contributed by atoms with Crippen LogP contribution in [0.3, 0.4) is 0 Å². The number of fused-ring (bicyclic) bond motifs is 1. The van der Waals surface area contributed by atoms with E-state index in [-0.39, 0.29) is 18.6 Å². The zero-order valence-electron chi connectivity index (χ0n) is 13.5. The van der Waals surface area contributed by atoms with Gasteiger partial charge in [0, 0.05) is 13.1 Å². The summed E-state index contributed by atoms with van der Waals surface area (Å²) in [5.74, 6) is 2.94. The van der Waals surface area contributed by atoms with Crippen molar-refractivity contribution in [2.75, 3.05) is 19.9 Å². The maximum absolute atomic E-state index is 12.6. The topological polar surface area (TPSA) is 77.7 Å². The maximum Gasteiger partial charge on any atom is 0.231 e. The Morgan fingerprint density at radius 3 is 3.04 bits per heavy atom. The molecule has 7 nitrogen and oxygen atoms in total. The van der Waals surface area contributed by atoms with Crippen molar-refractivity contribution in [2.45, 2.75) is 32.1 Å². The van der Waals surface area contributed by atoms with Gasteiger partial charge in [0.2, 0.25) is 18.6 Å². The van der Waals surface area contributed by atoms with E-state index < -0.39 is 0 Å². The summed E-state index contributed by atoms with van der Waals surface area (Å²) in [4.78, 5) is 18.8. The average molecular weight is 329 g/mol. The van der Waals surface area contributed by atoms with Gasteiger partial charge in [-0.2, -0.15) is 4.98 Å². The zero-order chi connectivity index (χ0) is 16.5. The van der Waals surface area contributed by atoms with Crippen LogP contribution in [-0.4, -0.2) is 40.8 Å². The van der Waals surface area contributed by atoms with Crippen LogP contribution < -0.4 is 9.47 Å². The molecule has 3 heterocycles. The van der Waals surface area contributed by atoms with E-state index in [0.717, 1.165) is 30.7 Å². The summed E-state index contributed by atoms with van der Waals surface area (Å²) in [5, 5.41) is 3.85. The molecule has 2 aliphatic rings. The van der Waals surface area contributed by atoms with Crippen molar-refractivity contribution in [3.8, 4) is 11.5 Å². The minimum atomic E-state index is 0.106. The number of amides is 1. The molecule has 24 heavy (non-hydrogen) atoms. The summed E-state index contributed by atoms with van der Waals surface area (Å²) in [7, 11) is 0. The Bertz CT molecular complexity index is 758. The van der Waals surface area contributed by atoms with Gasteiger partial charge in [0.15, 0.2) is 17.3 Å². The number of aromatic nitrogens is 2. The summed E-state index contributed by atoms with van der Waals surface area (Å²) in [6.45, 7) is 3.44. The van der Waals surface area contributed by atoms with Crippen molar-refractivity contribution in [3.63, 3.8) is 0 Å². The van der Waals surface area contributed by atoms with Crippen molar-refractivity contribution in [3.05, 3.63) is 35.5 Å². The lowest BCUT2D eigenvalue weighted by Gasteiger charge is -2.31. The van der Waals surface area contributed by atoms with Gasteiger partial charge >= 0.3 is 0 Å². The number of aryl methyl sites for hydroxylation is 1. The average Bonchev–Trinajstić information content (AvgIpc) is 3.23. The van der Waals surface area contributed by atoms with Crippen LogP contribution >= 0.6 is 0 Å². The van der Waals surface area contributed by atoms with E-state index in [9.17, 15) is 4.79 Å². The van der Waals surface area contributed by atoms with E-state index in [1.807, 2.05) is 23.1 Å². The quantitative estimate of drug-likeness (QED) is 0.858. The third-order valence-electron chi connectivity index (χ3n) is 4.46. The third kappa shape index (κ3) is 2.93. The lowest BCUT2D eigenvalue weighted by Crippen LogP contribution is -2.40. The number of hydrogen-bond donors (Lipinski definition) is 0. The summed E-state index contributed by atoms with van der Waals surface area (Å²) >= 11 is 0. The molecule has 0 N–H and O–H groups in total. The first-order chi connectivity index (χ1) is 11.7. The predicted octanol–water partition coefficient (Wildman–Crippen LogP) is 2.06. The fourth-order valence-electron chi connectivity index (χ4n) is 3.22. The molecule has 4 rings (SSSR count). The van der Waals surface area contributed by atoms with Crippen LogP contribution in [0.2, 0.25) is 0 Å². The minimum absolute atomic E-state index is 0.106. The molecule has 7 heteroatoms. The van der Waals surface area contributed by atoms with E-state index in [2.05, 4.69) is 10.1 Å². The van der Waals surface area contributed by atoms with Gasteiger partial charge in [-0.05, 0) is 37.5 Å². The second-order valence-electron chi connectivity index (χ2n) is 6.22. The molecule has 1 saturated heterocycles. The molecule has 2 aromatic rings. The zero-order valence-corrected chi connectivity index (χ0v) is 13.5. The van der Waals surface area contributed by atoms with Gasteiger partial charge in [-0.1, -0.05) is 11.2 Å². The van der Waals surface area contributed by atoms with Gasteiger partial charge < -0.3 is 18.9 Å². The molecule has 126 valence electrons. The van der Waals surface area contributed by atoms with Crippen LogP contribution in [0.5, 0.6) is 11.5 Å². The van der Waals surface area contributed by atoms with Crippen LogP contribution in [0.4, 0.5) is 0 Å². The summed E-state index contributed by atoms with van der Waals surface area (Å²) in [5.41, 5.74) is 0.931. The molecule has 1 fully saturated rings. The first-order valence-corrected chi connectivity index (χ1v) is 8.15. The molecule has 0 saturated carbocycles. The number of carbonyl (C=O) groups excluding carboxylic acids is 1. The molecule has 0 radical (unpaired) electrons. The van der Waals surface area contributed by atoms with E-state index in [4.69, 9.17) is 14.0 Å². The fourth-order valence-corrected chi connectivity index (χ4v) is 3.22. The lowest BCUT2D eigenvalue weighted by molar-refractivity contribution is -0.131. The molecular weight excluding hydrogens is 310 g/mol. The van der Waals surface area contributed by atoms with Gasteiger partial charge in [0.05, 0.1) is 12.3 Å². The molecule has 0 bridgehead atoms. The highest BCUT2D eigenvalue weighted by atomic mass is 16.7. The molecule has 1 amide bonds. The first-order valence-electron chi connectivity index (χ1n) is 8.15. The Morgan fingerprint density at radius 1 is 1.33 bits per heavy atom. The number of rotatable bonds is 3. The van der Waals surface area contributed by atoms with Gasteiger partial charge in [-0.3, -0.25) is 4.79 Å². The monoisotopic (exact) mass is 329 g/mol. The molecule has 1 aromatic heterocycles. The number of likely N-dealkylation sites (tertiary alicyclic amines) is 1. The number of hydrogen-bond acceptors (Lipinski definition) is 6. The second-order valence-corrected chi connectivity index (χ2v) is 6.22. The van der Waals surface area contributed by atoms with Crippen molar-refractivity contribution in [1.82, 2.24) is 15.0 Å². The molecule has 2 aliphatic heterocycles. The van der Waals surface area contributed by atoms with E-state index in [1.54, 1.807) is 6.92 Å². The van der Waals surface area contributed by atoms with Crippen molar-refractivity contribution < 1.29 is 18.8 Å². The van der Waals surface area contributed by atoms with E-state index in [1.165, 1.54) is 0 Å². The highest BCUT2D eigenvalue weighted by Gasteiger charge is 2.28. The Hall–Kier alpha value is -2.57. The number of benzene rings is 1. The smallest absolute Gasteiger partial charge is 0.231 e. The van der Waals surface area contributed by atoms with E-state index >= 15 is 0 Å². The van der Waals surface area contributed by atoms with Crippen molar-refractivity contribution in [2.24, 2.45) is 0 Å². The van der Waals surface area contributed by atoms with Crippen LogP contribution in [0.1, 0.15) is 36.0 Å². The normalized spacial score (nSPS) is 19.5. The highest BCUT2D eigenvalue weighted by Crippen LogP contribution is 2.33. The highest BCUT2D eigenvalue weighted by molar-refractivity contribution is 5.79. The molecule has 1 aromatic carbocycles. The predicted molar refractivity (Wildman–Crippen MR) is 83.9 cm³/mol. The van der Waals surface area contributed by atoms with Crippen molar-refractivity contribution in [1.29, 1.82) is 0 Å². The van der Waals surface area contributed by atoms with Crippen LogP contribution in [0.25, 0.3) is 0 Å². The van der Waals surface area contributed by atoms with Gasteiger partial charge in [0.1, 0.15) is 0 Å². The van der Waals surface area contributed by atoms with Gasteiger partial charge in [-0.25, -0.2) is 0 Å². The summed E-state index contributed by atoms with van der Waals surface area (Å²) < 4.78 is 15.9. The molecular formula is C17H19N3O4. The molecule has 1 atom stereocenters. The third-order valence-corrected chi connectivity index (χ3v) is 4.46. The first kappa shape index (κ1) is 15.0. The Morgan fingerprint density at radius 2 is 2.21 bits per heavy atom. The van der Waals surface area contributed by atoms with Crippen molar-refractivity contribution >= 4 is 5.91 Å². The molecule has 1 unspecified atom stereocenters. The summed E-state index contributed by atoms with van der Waals surface area (Å²) in [6.07, 6.45) is 2.26. The van der Waals surface area contributed by atoms with E-state index in [0.29, 0.717) is 30.4 Å². The minimum Gasteiger partial charge on any atom is -0.454 e. The number of carbonyl (C=O) groups is 1. The Kier molecular flexibility index (Phi) is 3.84. The van der Waals surface area contributed by atoms with Gasteiger partial charge in [-0.15, -0.1) is 0 Å². The number of ether oxygens (including phenoxy) is 2. The number of nitrogens with zero attached hydrogens (tertiary/aromatic N) is 3. The number of piperidine rings is 1. The van der Waals surface area contributed by atoms with Gasteiger partial charge in [0.25, 0.3) is 0 Å².